The second kappa shape index (κ2) is 5.82. The van der Waals surface area contributed by atoms with Crippen LogP contribution in [0.4, 0.5) is 0 Å². The van der Waals surface area contributed by atoms with Crippen LogP contribution >= 0.6 is 11.6 Å². The lowest BCUT2D eigenvalue weighted by Gasteiger charge is -2.36. The molecule has 1 aromatic rings. The van der Waals surface area contributed by atoms with E-state index >= 15 is 0 Å². The Hall–Kier alpha value is -0.570. The van der Waals surface area contributed by atoms with E-state index in [0.29, 0.717) is 12.0 Å². The Morgan fingerprint density at radius 1 is 1.21 bits per heavy atom. The number of halogens is 1. The summed E-state index contributed by atoms with van der Waals surface area (Å²) in [5, 5.41) is 4.59. The minimum atomic E-state index is 0.632. The van der Waals surface area contributed by atoms with E-state index < -0.39 is 0 Å². The third-order valence-electron chi connectivity index (χ3n) is 4.37. The number of hydrogen-bond donors (Lipinski definition) is 1. The van der Waals surface area contributed by atoms with Crippen molar-refractivity contribution in [1.29, 1.82) is 0 Å². The molecule has 2 nitrogen and oxygen atoms in total. The molecule has 2 atom stereocenters. The van der Waals surface area contributed by atoms with Crippen LogP contribution in [0.15, 0.2) is 24.3 Å². The van der Waals surface area contributed by atoms with Gasteiger partial charge in [-0.25, -0.2) is 0 Å². The van der Waals surface area contributed by atoms with Crippen molar-refractivity contribution < 1.29 is 0 Å². The van der Waals surface area contributed by atoms with Crippen LogP contribution in [0.3, 0.4) is 0 Å². The Morgan fingerprint density at radius 3 is 2.63 bits per heavy atom. The normalized spacial score (nSPS) is 28.5. The van der Waals surface area contributed by atoms with Gasteiger partial charge in [-0.2, -0.15) is 0 Å². The first-order chi connectivity index (χ1) is 9.20. The molecular weight excluding hydrogens is 256 g/mol. The zero-order chi connectivity index (χ0) is 13.2. The zero-order valence-corrected chi connectivity index (χ0v) is 12.4. The summed E-state index contributed by atoms with van der Waals surface area (Å²) in [4.78, 5) is 2.45. The van der Waals surface area contributed by atoms with E-state index in [2.05, 4.69) is 29.4 Å². The number of likely N-dealkylation sites (tertiary alicyclic amines) is 1. The second-order valence-corrected chi connectivity index (χ2v) is 6.69. The molecule has 2 unspecified atom stereocenters. The third-order valence-corrected chi connectivity index (χ3v) is 4.62. The fraction of sp³-hybridized carbons (Fsp3) is 0.625. The van der Waals surface area contributed by atoms with Crippen LogP contribution in [0.5, 0.6) is 0 Å². The minimum Gasteiger partial charge on any atom is -0.312 e. The molecule has 3 heteroatoms. The summed E-state index contributed by atoms with van der Waals surface area (Å²) in [7, 11) is 2.23. The average molecular weight is 279 g/mol. The summed E-state index contributed by atoms with van der Waals surface area (Å²) in [5.74, 6) is 1.59. The van der Waals surface area contributed by atoms with Crippen molar-refractivity contribution in [2.24, 2.45) is 5.92 Å². The largest absolute Gasteiger partial charge is 0.312 e. The molecule has 19 heavy (non-hydrogen) atoms. The van der Waals surface area contributed by atoms with Gasteiger partial charge in [0.2, 0.25) is 0 Å². The smallest absolute Gasteiger partial charge is 0.0406 e. The van der Waals surface area contributed by atoms with Crippen molar-refractivity contribution in [3.63, 3.8) is 0 Å². The standard InChI is InChI=1S/C16H23ClN2/c1-19-10-14(13-4-6-15(17)7-5-13)8-16(11-19)18-9-12-2-3-12/h4-7,12,14,16,18H,2-3,8-11H2,1H3. The molecule has 1 aromatic carbocycles. The molecule has 1 aliphatic carbocycles. The molecule has 0 radical (unpaired) electrons. The Balaban J connectivity index is 1.61. The molecule has 1 saturated heterocycles. The zero-order valence-electron chi connectivity index (χ0n) is 11.6. The molecule has 0 amide bonds. The van der Waals surface area contributed by atoms with Crippen molar-refractivity contribution in [2.75, 3.05) is 26.7 Å². The number of benzene rings is 1. The highest BCUT2D eigenvalue weighted by atomic mass is 35.5. The second-order valence-electron chi connectivity index (χ2n) is 6.25. The summed E-state index contributed by atoms with van der Waals surface area (Å²) in [6.45, 7) is 3.55. The van der Waals surface area contributed by atoms with Crippen molar-refractivity contribution in [3.05, 3.63) is 34.9 Å². The SMILES string of the molecule is CN1CC(NCC2CC2)CC(c2ccc(Cl)cc2)C1. The van der Waals surface area contributed by atoms with Gasteiger partial charge in [-0.3, -0.25) is 0 Å². The first-order valence-corrected chi connectivity index (χ1v) is 7.76. The van der Waals surface area contributed by atoms with Crippen LogP contribution in [0.2, 0.25) is 5.02 Å². The number of nitrogens with one attached hydrogen (secondary N) is 1. The van der Waals surface area contributed by atoms with Gasteiger partial charge >= 0.3 is 0 Å². The number of piperidine rings is 1. The Labute approximate surface area is 121 Å². The van der Waals surface area contributed by atoms with Crippen LogP contribution in [0, 0.1) is 5.92 Å². The Kier molecular flexibility index (Phi) is 4.11. The number of likely N-dealkylation sites (N-methyl/N-ethyl adjacent to an activating group) is 1. The predicted molar refractivity (Wildman–Crippen MR) is 80.8 cm³/mol. The minimum absolute atomic E-state index is 0.632. The molecule has 3 rings (SSSR count). The number of nitrogens with zero attached hydrogens (tertiary/aromatic N) is 1. The molecule has 2 aliphatic rings. The monoisotopic (exact) mass is 278 g/mol. The van der Waals surface area contributed by atoms with Crippen LogP contribution in [0.25, 0.3) is 0 Å². The van der Waals surface area contributed by atoms with Gasteiger partial charge in [-0.15, -0.1) is 0 Å². The van der Waals surface area contributed by atoms with Gasteiger partial charge in [-0.1, -0.05) is 23.7 Å². The fourth-order valence-electron chi connectivity index (χ4n) is 3.10. The topological polar surface area (TPSA) is 15.3 Å². The molecule has 0 spiro atoms. The van der Waals surface area contributed by atoms with Gasteiger partial charge < -0.3 is 10.2 Å². The first kappa shape index (κ1) is 13.4. The van der Waals surface area contributed by atoms with E-state index in [9.17, 15) is 0 Å². The highest BCUT2D eigenvalue weighted by molar-refractivity contribution is 6.30. The molecule has 1 saturated carbocycles. The molecule has 1 heterocycles. The maximum atomic E-state index is 5.98. The summed E-state index contributed by atoms with van der Waals surface area (Å²) in [6, 6.07) is 9.03. The van der Waals surface area contributed by atoms with Gasteiger partial charge in [-0.05, 0) is 62.4 Å². The lowest BCUT2D eigenvalue weighted by molar-refractivity contribution is 0.204. The highest BCUT2D eigenvalue weighted by Crippen LogP contribution is 2.30. The number of rotatable bonds is 4. The molecule has 2 fully saturated rings. The van der Waals surface area contributed by atoms with E-state index in [4.69, 9.17) is 11.6 Å². The van der Waals surface area contributed by atoms with Crippen molar-refractivity contribution in [3.8, 4) is 0 Å². The summed E-state index contributed by atoms with van der Waals surface area (Å²) in [6.07, 6.45) is 4.10. The maximum Gasteiger partial charge on any atom is 0.0406 e. The van der Waals surface area contributed by atoms with E-state index in [-0.39, 0.29) is 0 Å². The Morgan fingerprint density at radius 2 is 1.95 bits per heavy atom. The van der Waals surface area contributed by atoms with E-state index in [0.717, 1.165) is 17.5 Å². The van der Waals surface area contributed by atoms with Gasteiger partial charge in [0.1, 0.15) is 0 Å². The summed E-state index contributed by atoms with van der Waals surface area (Å²) < 4.78 is 0. The summed E-state index contributed by atoms with van der Waals surface area (Å²) in [5.41, 5.74) is 1.43. The van der Waals surface area contributed by atoms with Crippen LogP contribution in [-0.4, -0.2) is 37.6 Å². The van der Waals surface area contributed by atoms with Gasteiger partial charge in [0.15, 0.2) is 0 Å². The lowest BCUT2D eigenvalue weighted by Crippen LogP contribution is -2.47. The average Bonchev–Trinajstić information content (AvgIpc) is 3.20. The Bertz CT molecular complexity index is 413. The van der Waals surface area contributed by atoms with E-state index in [1.807, 2.05) is 12.1 Å². The molecular formula is C16H23ClN2. The van der Waals surface area contributed by atoms with Crippen LogP contribution < -0.4 is 5.32 Å². The van der Waals surface area contributed by atoms with Gasteiger partial charge in [0, 0.05) is 24.2 Å². The fourth-order valence-corrected chi connectivity index (χ4v) is 3.23. The van der Waals surface area contributed by atoms with E-state index in [1.165, 1.54) is 37.9 Å². The van der Waals surface area contributed by atoms with Crippen molar-refractivity contribution in [1.82, 2.24) is 10.2 Å². The first-order valence-electron chi connectivity index (χ1n) is 7.38. The van der Waals surface area contributed by atoms with Gasteiger partial charge in [0.25, 0.3) is 0 Å². The van der Waals surface area contributed by atoms with Crippen LogP contribution in [0.1, 0.15) is 30.7 Å². The third kappa shape index (κ3) is 3.71. The molecule has 0 bridgehead atoms. The molecule has 1 aliphatic heterocycles. The van der Waals surface area contributed by atoms with Crippen LogP contribution in [-0.2, 0) is 0 Å². The lowest BCUT2D eigenvalue weighted by atomic mass is 9.88. The molecule has 104 valence electrons. The number of hydrogen-bond acceptors (Lipinski definition) is 2. The van der Waals surface area contributed by atoms with Gasteiger partial charge in [0.05, 0.1) is 0 Å². The molecule has 0 aromatic heterocycles. The summed E-state index contributed by atoms with van der Waals surface area (Å²) >= 11 is 5.98. The highest BCUT2D eigenvalue weighted by Gasteiger charge is 2.28. The quantitative estimate of drug-likeness (QED) is 0.910. The predicted octanol–water partition coefficient (Wildman–Crippen LogP) is 3.13. The van der Waals surface area contributed by atoms with E-state index in [1.54, 1.807) is 0 Å². The maximum absolute atomic E-state index is 5.98. The van der Waals surface area contributed by atoms with Crippen molar-refractivity contribution >= 4 is 11.6 Å². The molecule has 1 N–H and O–H groups in total. The van der Waals surface area contributed by atoms with Crippen molar-refractivity contribution in [2.45, 2.75) is 31.2 Å².